The number of thioether (sulfide) groups is 1. The minimum atomic E-state index is -0.171. The van der Waals surface area contributed by atoms with Crippen molar-refractivity contribution in [3.05, 3.63) is 68.6 Å². The van der Waals surface area contributed by atoms with Gasteiger partial charge < -0.3 is 10.3 Å². The van der Waals surface area contributed by atoms with Crippen molar-refractivity contribution in [1.29, 1.82) is 0 Å². The second-order valence-electron chi connectivity index (χ2n) is 5.26. The molecule has 0 atom stereocenters. The lowest BCUT2D eigenvalue weighted by Crippen LogP contribution is -2.27. The lowest BCUT2D eigenvalue weighted by molar-refractivity contribution is 0.0951. The van der Waals surface area contributed by atoms with E-state index in [0.29, 0.717) is 11.1 Å². The number of pyridine rings is 1. The lowest BCUT2D eigenvalue weighted by Gasteiger charge is -2.08. The fraction of sp³-hybridized carbons (Fsp3) is 0.294. The first kappa shape index (κ1) is 16.4. The molecule has 4 nitrogen and oxygen atoms in total. The van der Waals surface area contributed by atoms with Crippen molar-refractivity contribution < 1.29 is 4.79 Å². The number of aromatic nitrogens is 1. The number of carbonyl (C=O) groups is 1. The molecule has 0 aliphatic rings. The Morgan fingerprint density at radius 2 is 1.91 bits per heavy atom. The highest BCUT2D eigenvalue weighted by Gasteiger charge is 2.09. The predicted molar refractivity (Wildman–Crippen MR) is 91.4 cm³/mol. The Labute approximate surface area is 134 Å². The van der Waals surface area contributed by atoms with Gasteiger partial charge in [-0.3, -0.25) is 9.59 Å². The monoisotopic (exact) mass is 316 g/mol. The van der Waals surface area contributed by atoms with E-state index < -0.39 is 0 Å². The zero-order valence-corrected chi connectivity index (χ0v) is 13.8. The molecular formula is C17H20N2O2S. The zero-order valence-electron chi connectivity index (χ0n) is 13.0. The van der Waals surface area contributed by atoms with Crippen LogP contribution in [0.15, 0.2) is 35.1 Å². The van der Waals surface area contributed by atoms with Crippen LogP contribution in [0.4, 0.5) is 0 Å². The van der Waals surface area contributed by atoms with Crippen LogP contribution in [0.3, 0.4) is 0 Å². The van der Waals surface area contributed by atoms with Gasteiger partial charge in [0.05, 0.1) is 0 Å². The number of rotatable bonds is 5. The largest absolute Gasteiger partial charge is 0.348 e. The first-order chi connectivity index (χ1) is 10.5. The maximum atomic E-state index is 12.1. The Morgan fingerprint density at radius 3 is 2.50 bits per heavy atom. The molecule has 1 amide bonds. The molecule has 0 fully saturated rings. The number of benzene rings is 1. The highest BCUT2D eigenvalue weighted by molar-refractivity contribution is 7.97. The highest BCUT2D eigenvalue weighted by atomic mass is 32.2. The van der Waals surface area contributed by atoms with E-state index in [1.807, 2.05) is 50.4 Å². The van der Waals surface area contributed by atoms with Gasteiger partial charge in [0.25, 0.3) is 11.5 Å². The minimum absolute atomic E-state index is 0.145. The Kier molecular flexibility index (Phi) is 5.44. The molecular weight excluding hydrogens is 296 g/mol. The SMILES string of the molecule is CSCc1ccc(C(=O)NCc2c(C)cc(C)[nH]c2=O)cc1. The fourth-order valence-corrected chi connectivity index (χ4v) is 2.82. The van der Waals surface area contributed by atoms with Crippen molar-refractivity contribution in [3.8, 4) is 0 Å². The molecule has 0 radical (unpaired) electrons. The fourth-order valence-electron chi connectivity index (χ4n) is 2.29. The zero-order chi connectivity index (χ0) is 16.1. The van der Waals surface area contributed by atoms with Crippen molar-refractivity contribution in [2.75, 3.05) is 6.26 Å². The minimum Gasteiger partial charge on any atom is -0.348 e. The van der Waals surface area contributed by atoms with Crippen molar-refractivity contribution in [2.24, 2.45) is 0 Å². The van der Waals surface area contributed by atoms with Crippen molar-refractivity contribution >= 4 is 17.7 Å². The summed E-state index contributed by atoms with van der Waals surface area (Å²) in [7, 11) is 0. The van der Waals surface area contributed by atoms with Gasteiger partial charge in [0.15, 0.2) is 0 Å². The number of H-pyrrole nitrogens is 1. The standard InChI is InChI=1S/C17H20N2O2S/c1-11-8-12(2)19-17(21)15(11)9-18-16(20)14-6-4-13(5-7-14)10-22-3/h4-8H,9-10H2,1-3H3,(H,18,20)(H,19,21). The van der Waals surface area contributed by atoms with Crippen LogP contribution in [0.2, 0.25) is 0 Å². The first-order valence-electron chi connectivity index (χ1n) is 7.06. The number of carbonyl (C=O) groups excluding carboxylic acids is 1. The van der Waals surface area contributed by atoms with Crippen molar-refractivity contribution in [2.45, 2.75) is 26.1 Å². The van der Waals surface area contributed by atoms with Crippen LogP contribution in [0, 0.1) is 13.8 Å². The summed E-state index contributed by atoms with van der Waals surface area (Å²) in [6.07, 6.45) is 2.04. The van der Waals surface area contributed by atoms with Gasteiger partial charge in [-0.25, -0.2) is 0 Å². The molecule has 1 aromatic carbocycles. The molecule has 0 saturated carbocycles. The molecule has 0 spiro atoms. The quantitative estimate of drug-likeness (QED) is 0.891. The summed E-state index contributed by atoms with van der Waals surface area (Å²) < 4.78 is 0. The first-order valence-corrected chi connectivity index (χ1v) is 8.46. The number of amides is 1. The van der Waals surface area contributed by atoms with Crippen LogP contribution in [-0.2, 0) is 12.3 Å². The van der Waals surface area contributed by atoms with Crippen LogP contribution in [0.25, 0.3) is 0 Å². The van der Waals surface area contributed by atoms with E-state index >= 15 is 0 Å². The average molecular weight is 316 g/mol. The smallest absolute Gasteiger partial charge is 0.253 e. The van der Waals surface area contributed by atoms with Gasteiger partial charge in [-0.05, 0) is 49.4 Å². The summed E-state index contributed by atoms with van der Waals surface area (Å²) in [6, 6.07) is 9.44. The van der Waals surface area contributed by atoms with Gasteiger partial charge in [0, 0.05) is 29.1 Å². The molecule has 0 aliphatic heterocycles. The molecule has 0 saturated heterocycles. The van der Waals surface area contributed by atoms with Crippen molar-refractivity contribution in [1.82, 2.24) is 10.3 Å². The van der Waals surface area contributed by atoms with E-state index in [-0.39, 0.29) is 18.0 Å². The van der Waals surface area contributed by atoms with Gasteiger partial charge >= 0.3 is 0 Å². The van der Waals surface area contributed by atoms with Crippen LogP contribution in [0.1, 0.15) is 32.7 Å². The van der Waals surface area contributed by atoms with Gasteiger partial charge in [-0.15, -0.1) is 0 Å². The summed E-state index contributed by atoms with van der Waals surface area (Å²) in [4.78, 5) is 26.8. The van der Waals surface area contributed by atoms with Crippen LogP contribution >= 0.6 is 11.8 Å². The van der Waals surface area contributed by atoms with E-state index in [2.05, 4.69) is 10.3 Å². The number of aromatic amines is 1. The molecule has 0 bridgehead atoms. The summed E-state index contributed by atoms with van der Waals surface area (Å²) in [5.74, 6) is 0.759. The molecule has 1 heterocycles. The maximum absolute atomic E-state index is 12.1. The van der Waals surface area contributed by atoms with Gasteiger partial charge in [-0.1, -0.05) is 12.1 Å². The maximum Gasteiger partial charge on any atom is 0.253 e. The molecule has 22 heavy (non-hydrogen) atoms. The van der Waals surface area contributed by atoms with Crippen LogP contribution < -0.4 is 10.9 Å². The highest BCUT2D eigenvalue weighted by Crippen LogP contribution is 2.11. The normalized spacial score (nSPS) is 10.5. The van der Waals surface area contributed by atoms with E-state index in [9.17, 15) is 9.59 Å². The predicted octanol–water partition coefficient (Wildman–Crippen LogP) is 2.78. The molecule has 5 heteroatoms. The number of hydrogen-bond donors (Lipinski definition) is 2. The van der Waals surface area contributed by atoms with Crippen LogP contribution in [-0.4, -0.2) is 17.1 Å². The molecule has 2 aromatic rings. The molecule has 0 aliphatic carbocycles. The van der Waals surface area contributed by atoms with E-state index in [1.165, 1.54) is 5.56 Å². The molecule has 1 aromatic heterocycles. The van der Waals surface area contributed by atoms with E-state index in [1.54, 1.807) is 11.8 Å². The lowest BCUT2D eigenvalue weighted by atomic mass is 10.1. The molecule has 0 unspecified atom stereocenters. The Hall–Kier alpha value is -2.01. The molecule has 2 rings (SSSR count). The third kappa shape index (κ3) is 4.01. The second-order valence-corrected chi connectivity index (χ2v) is 6.12. The third-order valence-corrected chi connectivity index (χ3v) is 4.07. The average Bonchev–Trinajstić information content (AvgIpc) is 2.47. The summed E-state index contributed by atoms with van der Waals surface area (Å²) in [5, 5.41) is 2.80. The van der Waals surface area contributed by atoms with Gasteiger partial charge in [0.2, 0.25) is 0 Å². The van der Waals surface area contributed by atoms with Gasteiger partial charge in [-0.2, -0.15) is 11.8 Å². The third-order valence-electron chi connectivity index (χ3n) is 3.45. The molecule has 116 valence electrons. The van der Waals surface area contributed by atoms with E-state index in [0.717, 1.165) is 17.0 Å². The second kappa shape index (κ2) is 7.31. The van der Waals surface area contributed by atoms with E-state index in [4.69, 9.17) is 0 Å². The van der Waals surface area contributed by atoms with Crippen molar-refractivity contribution in [3.63, 3.8) is 0 Å². The number of nitrogens with one attached hydrogen (secondary N) is 2. The Bertz CT molecular complexity index is 720. The van der Waals surface area contributed by atoms with Gasteiger partial charge in [0.1, 0.15) is 0 Å². The molecule has 2 N–H and O–H groups in total. The Balaban J connectivity index is 2.05. The summed E-state index contributed by atoms with van der Waals surface area (Å²) in [6.45, 7) is 3.95. The summed E-state index contributed by atoms with van der Waals surface area (Å²) in [5.41, 5.74) is 3.95. The Morgan fingerprint density at radius 1 is 1.23 bits per heavy atom. The number of hydrogen-bond acceptors (Lipinski definition) is 3. The number of aryl methyl sites for hydroxylation is 2. The van der Waals surface area contributed by atoms with Crippen LogP contribution in [0.5, 0.6) is 0 Å². The summed E-state index contributed by atoms with van der Waals surface area (Å²) >= 11 is 1.74. The topological polar surface area (TPSA) is 62.0 Å².